The maximum absolute atomic E-state index is 13.8. The van der Waals surface area contributed by atoms with Crippen molar-refractivity contribution in [3.05, 3.63) is 58.9 Å². The van der Waals surface area contributed by atoms with Crippen LogP contribution in [-0.4, -0.2) is 21.9 Å². The zero-order valence-corrected chi connectivity index (χ0v) is 16.9. The van der Waals surface area contributed by atoms with Crippen LogP contribution in [0.25, 0.3) is 11.5 Å². The summed E-state index contributed by atoms with van der Waals surface area (Å²) in [7, 11) is 0. The molecule has 0 aliphatic heterocycles. The number of hydrogen-bond acceptors (Lipinski definition) is 5. The second kappa shape index (κ2) is 9.01. The van der Waals surface area contributed by atoms with Crippen LogP contribution in [0.3, 0.4) is 0 Å². The number of amides is 1. The van der Waals surface area contributed by atoms with E-state index in [0.29, 0.717) is 23.8 Å². The van der Waals surface area contributed by atoms with E-state index in [1.165, 1.54) is 23.4 Å². The molecule has 1 amide bonds. The zero-order chi connectivity index (χ0) is 20.1. The minimum Gasteiger partial charge on any atom is -0.411 e. The van der Waals surface area contributed by atoms with Gasteiger partial charge in [-0.3, -0.25) is 4.79 Å². The molecule has 7 heteroatoms. The van der Waals surface area contributed by atoms with Crippen LogP contribution in [0.5, 0.6) is 0 Å². The number of rotatable bonds is 7. The minimum absolute atomic E-state index is 0.0202. The second-order valence-corrected chi connectivity index (χ2v) is 7.67. The Morgan fingerprint density at radius 3 is 2.57 bits per heavy atom. The Morgan fingerprint density at radius 2 is 1.86 bits per heavy atom. The highest BCUT2D eigenvalue weighted by atomic mass is 32.2. The molecule has 1 N–H and O–H groups in total. The number of nitrogens with one attached hydrogen (secondary N) is 1. The van der Waals surface area contributed by atoms with Gasteiger partial charge in [0, 0.05) is 17.9 Å². The number of hydrogen-bond donors (Lipinski definition) is 1. The number of aryl methyl sites for hydroxylation is 3. The van der Waals surface area contributed by atoms with Crippen LogP contribution in [0.1, 0.15) is 29.5 Å². The van der Waals surface area contributed by atoms with Gasteiger partial charge in [-0.05, 0) is 50.5 Å². The molecule has 0 fully saturated rings. The Labute approximate surface area is 167 Å². The number of benzene rings is 2. The summed E-state index contributed by atoms with van der Waals surface area (Å²) in [6, 6.07) is 10.4. The summed E-state index contributed by atoms with van der Waals surface area (Å²) in [6.45, 7) is 6.03. The summed E-state index contributed by atoms with van der Waals surface area (Å²) in [5.74, 6) is 0.385. The van der Waals surface area contributed by atoms with E-state index in [-0.39, 0.29) is 17.4 Å². The summed E-state index contributed by atoms with van der Waals surface area (Å²) in [5, 5.41) is 11.2. The Kier molecular flexibility index (Phi) is 6.46. The highest BCUT2D eigenvalue weighted by molar-refractivity contribution is 7.99. The van der Waals surface area contributed by atoms with E-state index in [1.807, 2.05) is 20.8 Å². The number of carbonyl (C=O) groups excluding carboxylic acids is 1. The first-order valence-electron chi connectivity index (χ1n) is 9.03. The van der Waals surface area contributed by atoms with Gasteiger partial charge in [0.25, 0.3) is 11.1 Å². The maximum atomic E-state index is 13.8. The van der Waals surface area contributed by atoms with Crippen LogP contribution < -0.4 is 5.32 Å². The summed E-state index contributed by atoms with van der Waals surface area (Å²) >= 11 is 1.36. The SMILES string of the molecule is Cc1cc(C)c(NC(=O)CCCSc2nnc(-c3ccccc3F)o2)c(C)c1. The molecule has 2 aromatic carbocycles. The van der Waals surface area contributed by atoms with Gasteiger partial charge in [0.1, 0.15) is 5.82 Å². The molecule has 5 nitrogen and oxygen atoms in total. The standard InChI is InChI=1S/C21H22FN3O2S/c1-13-11-14(2)19(15(3)12-13)23-18(26)9-6-10-28-21-25-24-20(27-21)16-7-4-5-8-17(16)22/h4-5,7-8,11-12H,6,9-10H2,1-3H3,(H,23,26). The molecule has 3 aromatic rings. The van der Waals surface area contributed by atoms with E-state index >= 15 is 0 Å². The monoisotopic (exact) mass is 399 g/mol. The minimum atomic E-state index is -0.402. The van der Waals surface area contributed by atoms with Gasteiger partial charge >= 0.3 is 0 Å². The van der Waals surface area contributed by atoms with Crippen LogP contribution in [-0.2, 0) is 4.79 Å². The average molecular weight is 399 g/mol. The fourth-order valence-electron chi connectivity index (χ4n) is 2.98. The molecule has 1 aromatic heterocycles. The number of carbonyl (C=O) groups is 1. The van der Waals surface area contributed by atoms with Crippen molar-refractivity contribution >= 4 is 23.4 Å². The fraction of sp³-hybridized carbons (Fsp3) is 0.286. The van der Waals surface area contributed by atoms with Crippen molar-refractivity contribution in [2.45, 2.75) is 38.8 Å². The first-order valence-corrected chi connectivity index (χ1v) is 10.0. The Hall–Kier alpha value is -2.67. The molecule has 3 rings (SSSR count). The number of anilines is 1. The van der Waals surface area contributed by atoms with Crippen molar-refractivity contribution in [3.8, 4) is 11.5 Å². The van der Waals surface area contributed by atoms with E-state index < -0.39 is 5.82 Å². The van der Waals surface area contributed by atoms with Crippen molar-refractivity contribution in [2.24, 2.45) is 0 Å². The molecule has 0 spiro atoms. The summed E-state index contributed by atoms with van der Waals surface area (Å²) in [6.07, 6.45) is 1.06. The lowest BCUT2D eigenvalue weighted by molar-refractivity contribution is -0.116. The number of thioether (sulfide) groups is 1. The molecule has 0 unspecified atom stereocenters. The fourth-order valence-corrected chi connectivity index (χ4v) is 3.68. The van der Waals surface area contributed by atoms with Crippen molar-refractivity contribution in [2.75, 3.05) is 11.1 Å². The molecule has 0 aliphatic rings. The summed E-state index contributed by atoms with van der Waals surface area (Å²) < 4.78 is 19.3. The smallest absolute Gasteiger partial charge is 0.276 e. The molecule has 28 heavy (non-hydrogen) atoms. The van der Waals surface area contributed by atoms with Gasteiger partial charge < -0.3 is 9.73 Å². The van der Waals surface area contributed by atoms with E-state index in [2.05, 4.69) is 27.6 Å². The first kappa shape index (κ1) is 20.1. The molecule has 1 heterocycles. The van der Waals surface area contributed by atoms with Gasteiger partial charge in [-0.25, -0.2) is 4.39 Å². The lowest BCUT2D eigenvalue weighted by atomic mass is 10.0. The highest BCUT2D eigenvalue weighted by Crippen LogP contribution is 2.26. The third kappa shape index (κ3) is 4.98. The lowest BCUT2D eigenvalue weighted by Gasteiger charge is -2.12. The molecular formula is C21H22FN3O2S. The van der Waals surface area contributed by atoms with Crippen LogP contribution in [0.4, 0.5) is 10.1 Å². The lowest BCUT2D eigenvalue weighted by Crippen LogP contribution is -2.13. The Bertz CT molecular complexity index is 964. The average Bonchev–Trinajstić information content (AvgIpc) is 3.11. The summed E-state index contributed by atoms with van der Waals surface area (Å²) in [4.78, 5) is 12.2. The molecule has 0 radical (unpaired) electrons. The molecule has 146 valence electrons. The molecular weight excluding hydrogens is 377 g/mol. The van der Waals surface area contributed by atoms with Gasteiger partial charge in [0.2, 0.25) is 5.91 Å². The molecule has 0 aliphatic carbocycles. The van der Waals surface area contributed by atoms with E-state index in [0.717, 1.165) is 16.8 Å². The predicted octanol–water partition coefficient (Wildman–Crippen LogP) is 5.31. The molecule has 0 bridgehead atoms. The van der Waals surface area contributed by atoms with Crippen LogP contribution >= 0.6 is 11.8 Å². The predicted molar refractivity (Wildman–Crippen MR) is 109 cm³/mol. The van der Waals surface area contributed by atoms with E-state index in [4.69, 9.17) is 4.42 Å². The maximum Gasteiger partial charge on any atom is 0.276 e. The van der Waals surface area contributed by atoms with E-state index in [1.54, 1.807) is 18.2 Å². The zero-order valence-electron chi connectivity index (χ0n) is 16.1. The topological polar surface area (TPSA) is 68.0 Å². The molecule has 0 atom stereocenters. The van der Waals surface area contributed by atoms with Crippen LogP contribution in [0.2, 0.25) is 0 Å². The number of nitrogens with zero attached hydrogens (tertiary/aromatic N) is 2. The normalized spacial score (nSPS) is 10.9. The van der Waals surface area contributed by atoms with Gasteiger partial charge in [0.15, 0.2) is 0 Å². The van der Waals surface area contributed by atoms with Crippen LogP contribution in [0, 0.1) is 26.6 Å². The number of halogens is 1. The van der Waals surface area contributed by atoms with Gasteiger partial charge in [-0.2, -0.15) is 0 Å². The van der Waals surface area contributed by atoms with Crippen molar-refractivity contribution < 1.29 is 13.6 Å². The molecule has 0 saturated carbocycles. The van der Waals surface area contributed by atoms with Gasteiger partial charge in [-0.1, -0.05) is 41.6 Å². The van der Waals surface area contributed by atoms with Crippen molar-refractivity contribution in [3.63, 3.8) is 0 Å². The first-order chi connectivity index (χ1) is 13.4. The summed E-state index contributed by atoms with van der Waals surface area (Å²) in [5.41, 5.74) is 4.47. The molecule has 0 saturated heterocycles. The van der Waals surface area contributed by atoms with Gasteiger partial charge in [-0.15, -0.1) is 10.2 Å². The van der Waals surface area contributed by atoms with E-state index in [9.17, 15) is 9.18 Å². The third-order valence-corrected chi connectivity index (χ3v) is 5.13. The van der Waals surface area contributed by atoms with Crippen molar-refractivity contribution in [1.82, 2.24) is 10.2 Å². The van der Waals surface area contributed by atoms with Crippen LogP contribution in [0.15, 0.2) is 46.0 Å². The largest absolute Gasteiger partial charge is 0.411 e. The van der Waals surface area contributed by atoms with Gasteiger partial charge in [0.05, 0.1) is 5.56 Å². The Balaban J connectivity index is 1.48. The quantitative estimate of drug-likeness (QED) is 0.431. The second-order valence-electron chi connectivity index (χ2n) is 6.63. The third-order valence-electron chi connectivity index (χ3n) is 4.23. The Morgan fingerprint density at radius 1 is 1.14 bits per heavy atom. The highest BCUT2D eigenvalue weighted by Gasteiger charge is 2.13. The van der Waals surface area contributed by atoms with Crippen molar-refractivity contribution in [1.29, 1.82) is 0 Å². The number of aromatic nitrogens is 2.